The minimum absolute atomic E-state index is 0.0346. The number of carbonyl (C=O) groups excluding carboxylic acids is 1. The molecule has 1 saturated heterocycles. The second kappa shape index (κ2) is 15.9. The third-order valence-electron chi connectivity index (χ3n) is 10.5. The van der Waals surface area contributed by atoms with Gasteiger partial charge in [-0.25, -0.2) is 18.0 Å². The number of aromatic nitrogens is 2. The molecule has 55 heavy (non-hydrogen) atoms. The largest absolute Gasteiger partial charge is 0.444 e. The quantitative estimate of drug-likeness (QED) is 0.133. The summed E-state index contributed by atoms with van der Waals surface area (Å²) in [5.41, 5.74) is 2.56. The minimum atomic E-state index is -0.803. The van der Waals surface area contributed by atoms with E-state index in [-0.39, 0.29) is 24.9 Å². The molecule has 9 nitrogen and oxygen atoms in total. The highest BCUT2D eigenvalue weighted by Crippen LogP contribution is 2.33. The molecule has 6 aromatic rings. The zero-order chi connectivity index (χ0) is 39.0. The summed E-state index contributed by atoms with van der Waals surface area (Å²) in [4.78, 5) is 16.5. The summed E-state index contributed by atoms with van der Waals surface area (Å²) in [5.74, 6) is -1.11. The fraction of sp³-hybridized carbons (Fsp3) is 0.419. The van der Waals surface area contributed by atoms with E-state index in [9.17, 15) is 28.2 Å². The highest BCUT2D eigenvalue weighted by molar-refractivity contribution is 6.09. The Labute approximate surface area is 318 Å². The van der Waals surface area contributed by atoms with Crippen molar-refractivity contribution in [3.8, 4) is 0 Å². The van der Waals surface area contributed by atoms with Gasteiger partial charge in [-0.05, 0) is 93.8 Å². The summed E-state index contributed by atoms with van der Waals surface area (Å²) >= 11 is 0. The van der Waals surface area contributed by atoms with Crippen LogP contribution in [0.15, 0.2) is 78.9 Å². The van der Waals surface area contributed by atoms with Crippen molar-refractivity contribution in [2.24, 2.45) is 5.92 Å². The number of hydrogen-bond donors (Lipinski definition) is 2. The van der Waals surface area contributed by atoms with Gasteiger partial charge in [0.05, 0.1) is 44.6 Å². The van der Waals surface area contributed by atoms with Gasteiger partial charge in [0.25, 0.3) is 0 Å². The first kappa shape index (κ1) is 38.6. The van der Waals surface area contributed by atoms with Gasteiger partial charge in [-0.15, -0.1) is 0 Å². The number of carbonyl (C=O) groups is 1. The van der Waals surface area contributed by atoms with Crippen molar-refractivity contribution in [3.63, 3.8) is 0 Å². The van der Waals surface area contributed by atoms with Crippen molar-refractivity contribution in [2.45, 2.75) is 71.1 Å². The molecular formula is C43H49F3N4O5. The molecule has 4 aromatic carbocycles. The highest BCUT2D eigenvalue weighted by Gasteiger charge is 2.33. The number of amides is 1. The molecule has 0 saturated carbocycles. The van der Waals surface area contributed by atoms with Gasteiger partial charge in [-0.3, -0.25) is 4.90 Å². The average Bonchev–Trinajstić information content (AvgIpc) is 3.60. The number of halogens is 3. The maximum absolute atomic E-state index is 14.5. The molecule has 1 amide bonds. The monoisotopic (exact) mass is 758 g/mol. The average molecular weight is 759 g/mol. The first-order valence-corrected chi connectivity index (χ1v) is 18.9. The molecule has 1 aliphatic rings. The smallest absolute Gasteiger partial charge is 0.410 e. The number of piperazine rings is 1. The normalized spacial score (nSPS) is 17.4. The van der Waals surface area contributed by atoms with Crippen LogP contribution in [0.2, 0.25) is 0 Å². The van der Waals surface area contributed by atoms with E-state index in [0.717, 1.165) is 32.8 Å². The number of nitrogens with zero attached hydrogens (tertiary/aromatic N) is 4. The van der Waals surface area contributed by atoms with Crippen LogP contribution in [-0.4, -0.2) is 98.5 Å². The van der Waals surface area contributed by atoms with Crippen LogP contribution in [0.25, 0.3) is 43.6 Å². The molecule has 0 bridgehead atoms. The van der Waals surface area contributed by atoms with E-state index >= 15 is 0 Å². The topological polar surface area (TPSA) is 92.3 Å². The van der Waals surface area contributed by atoms with Gasteiger partial charge < -0.3 is 33.7 Å². The number of aliphatic hydroxyl groups is 2. The number of rotatable bonds is 12. The number of para-hydroxylation sites is 1. The Bertz CT molecular complexity index is 2260. The molecule has 1 aliphatic heterocycles. The number of hydrogen-bond acceptors (Lipinski definition) is 6. The Morgan fingerprint density at radius 3 is 1.85 bits per heavy atom. The molecule has 3 heterocycles. The summed E-state index contributed by atoms with van der Waals surface area (Å²) in [6.45, 7) is 10.2. The van der Waals surface area contributed by atoms with Crippen molar-refractivity contribution in [3.05, 3.63) is 96.3 Å². The van der Waals surface area contributed by atoms with Crippen LogP contribution in [0.5, 0.6) is 0 Å². The highest BCUT2D eigenvalue weighted by atomic mass is 19.1. The van der Waals surface area contributed by atoms with Crippen LogP contribution < -0.4 is 0 Å². The maximum Gasteiger partial charge on any atom is 0.410 e. The van der Waals surface area contributed by atoms with Crippen molar-refractivity contribution in [1.29, 1.82) is 0 Å². The van der Waals surface area contributed by atoms with Gasteiger partial charge in [0.2, 0.25) is 0 Å². The van der Waals surface area contributed by atoms with Crippen molar-refractivity contribution >= 4 is 49.7 Å². The lowest BCUT2D eigenvalue weighted by Gasteiger charge is -2.41. The molecule has 7 rings (SSSR count). The fourth-order valence-corrected chi connectivity index (χ4v) is 8.14. The van der Waals surface area contributed by atoms with E-state index in [1.807, 2.05) is 49.6 Å². The Hall–Kier alpha value is -4.62. The Morgan fingerprint density at radius 2 is 1.31 bits per heavy atom. The molecule has 4 atom stereocenters. The van der Waals surface area contributed by atoms with Gasteiger partial charge in [-0.2, -0.15) is 0 Å². The van der Waals surface area contributed by atoms with Gasteiger partial charge in [0, 0.05) is 69.8 Å². The summed E-state index contributed by atoms with van der Waals surface area (Å²) < 4.78 is 59.7. The predicted molar refractivity (Wildman–Crippen MR) is 209 cm³/mol. The van der Waals surface area contributed by atoms with Gasteiger partial charge in [0.1, 0.15) is 23.1 Å². The predicted octanol–water partition coefficient (Wildman–Crippen LogP) is 7.71. The summed E-state index contributed by atoms with van der Waals surface area (Å²) in [5, 5.41) is 24.3. The standard InChI is InChI=1S/C43H49F3N4O5/c1-27(21-47-15-16-48(31(22-47)25-51)42(53)55-43(2,3)4)17-32(52)26-54-33(23-49-38-8-6-5-7-34(38)35-18-28(44)9-12-39(35)49)24-50-40-13-10-29(45)19-36(40)37-20-30(46)11-14-41(37)50/h5-14,18-20,27,31-33,51-52H,15-17,21-26H2,1-4H3/t27-,31-,32-,33-/m1/s1. The molecule has 1 fully saturated rings. The molecule has 2 N–H and O–H groups in total. The first-order valence-electron chi connectivity index (χ1n) is 18.9. The Kier molecular flexibility index (Phi) is 11.1. The lowest BCUT2D eigenvalue weighted by Crippen LogP contribution is -2.58. The number of benzene rings is 4. The van der Waals surface area contributed by atoms with Crippen LogP contribution in [0.3, 0.4) is 0 Å². The molecule has 0 radical (unpaired) electrons. The van der Waals surface area contributed by atoms with E-state index in [1.54, 1.807) is 23.1 Å². The number of aliphatic hydroxyl groups excluding tert-OH is 2. The molecule has 12 heteroatoms. The molecular weight excluding hydrogens is 709 g/mol. The Morgan fingerprint density at radius 1 is 0.782 bits per heavy atom. The van der Waals surface area contributed by atoms with Crippen LogP contribution in [0.1, 0.15) is 34.1 Å². The van der Waals surface area contributed by atoms with Crippen molar-refractivity contribution < 1.29 is 37.7 Å². The lowest BCUT2D eigenvalue weighted by atomic mass is 10.0. The molecule has 292 valence electrons. The van der Waals surface area contributed by atoms with Gasteiger partial charge >= 0.3 is 6.09 Å². The molecule has 0 spiro atoms. The van der Waals surface area contributed by atoms with Crippen LogP contribution in [0, 0.1) is 23.4 Å². The molecule has 0 aliphatic carbocycles. The van der Waals surface area contributed by atoms with E-state index in [4.69, 9.17) is 9.47 Å². The Balaban J connectivity index is 1.10. The second-order valence-electron chi connectivity index (χ2n) is 15.9. The lowest BCUT2D eigenvalue weighted by molar-refractivity contribution is -0.0320. The summed E-state index contributed by atoms with van der Waals surface area (Å²) in [6, 6.07) is 21.1. The number of ether oxygens (including phenoxy) is 2. The van der Waals surface area contributed by atoms with E-state index in [1.165, 1.54) is 36.4 Å². The zero-order valence-electron chi connectivity index (χ0n) is 31.7. The van der Waals surface area contributed by atoms with Gasteiger partial charge in [0.15, 0.2) is 0 Å². The molecule has 0 unspecified atom stereocenters. The maximum atomic E-state index is 14.5. The first-order chi connectivity index (χ1) is 26.3. The van der Waals surface area contributed by atoms with Gasteiger partial charge in [-0.1, -0.05) is 25.1 Å². The fourth-order valence-electron chi connectivity index (χ4n) is 8.14. The SMILES string of the molecule is C[C@H](C[C@@H](O)CO[C@H](Cn1c2ccccc2c2cc(F)ccc21)Cn1c2ccc(F)cc2c2cc(F)ccc21)CN1CCN(C(=O)OC(C)(C)C)[C@@H](CO)C1. The summed E-state index contributed by atoms with van der Waals surface area (Å²) in [7, 11) is 0. The summed E-state index contributed by atoms with van der Waals surface area (Å²) in [6.07, 6.45) is -1.31. The molecule has 2 aromatic heterocycles. The minimum Gasteiger partial charge on any atom is -0.444 e. The second-order valence-corrected chi connectivity index (χ2v) is 15.9. The van der Waals surface area contributed by atoms with E-state index < -0.39 is 41.6 Å². The van der Waals surface area contributed by atoms with Crippen molar-refractivity contribution in [1.82, 2.24) is 18.9 Å². The van der Waals surface area contributed by atoms with Crippen LogP contribution >= 0.6 is 0 Å². The van der Waals surface area contributed by atoms with Crippen LogP contribution in [0.4, 0.5) is 18.0 Å². The van der Waals surface area contributed by atoms with Crippen LogP contribution in [-0.2, 0) is 22.6 Å². The zero-order valence-corrected chi connectivity index (χ0v) is 31.7. The van der Waals surface area contributed by atoms with E-state index in [0.29, 0.717) is 56.5 Å². The van der Waals surface area contributed by atoms with E-state index in [2.05, 4.69) is 16.4 Å². The third-order valence-corrected chi connectivity index (χ3v) is 10.5. The van der Waals surface area contributed by atoms with Crippen molar-refractivity contribution in [2.75, 3.05) is 39.4 Å². The number of fused-ring (bicyclic) bond motifs is 6. The third kappa shape index (κ3) is 8.47.